The quantitative estimate of drug-likeness (QED) is 0.505. The van der Waals surface area contributed by atoms with Gasteiger partial charge in [-0.05, 0) is 58.7 Å². The molecule has 1 aliphatic rings. The molecule has 0 saturated heterocycles. The van der Waals surface area contributed by atoms with Crippen molar-refractivity contribution in [2.75, 3.05) is 0 Å². The number of ether oxygens (including phenoxy) is 1. The maximum absolute atomic E-state index is 11.4. The van der Waals surface area contributed by atoms with Gasteiger partial charge in [0.1, 0.15) is 12.4 Å². The van der Waals surface area contributed by atoms with Crippen LogP contribution in [0.25, 0.3) is 16.6 Å². The van der Waals surface area contributed by atoms with E-state index in [1.807, 2.05) is 47.0 Å². The van der Waals surface area contributed by atoms with Gasteiger partial charge in [-0.3, -0.25) is 0 Å². The van der Waals surface area contributed by atoms with Crippen LogP contribution in [0, 0.1) is 0 Å². The molecule has 1 aliphatic heterocycles. The van der Waals surface area contributed by atoms with Gasteiger partial charge in [0.25, 0.3) is 0 Å². The highest BCUT2D eigenvalue weighted by Gasteiger charge is 2.19. The van der Waals surface area contributed by atoms with Crippen LogP contribution in [0.15, 0.2) is 73.1 Å². The molecule has 0 unspecified atom stereocenters. The van der Waals surface area contributed by atoms with Crippen molar-refractivity contribution >= 4 is 34.2 Å². The van der Waals surface area contributed by atoms with Gasteiger partial charge in [-0.1, -0.05) is 41.9 Å². The molecule has 148 valence electrons. The molecule has 5 rings (SSSR count). The van der Waals surface area contributed by atoms with E-state index in [1.165, 1.54) is 6.07 Å². The van der Waals surface area contributed by atoms with Gasteiger partial charge in [0.05, 0.1) is 23.3 Å². The minimum Gasteiger partial charge on any atom is -0.545 e. The van der Waals surface area contributed by atoms with Crippen molar-refractivity contribution in [3.05, 3.63) is 100 Å². The van der Waals surface area contributed by atoms with Crippen LogP contribution in [0.5, 0.6) is 5.75 Å². The number of hydrogen-bond donors (Lipinski definition) is 0. The standard InChI is InChI=1S/C24H17ClN2O3/c25-17-6-7-22-21(12-17)26-14-27(22)10-9-19-18-4-2-1-3-16(18)13-30-23-8-5-15(24(28)29)11-20(19)23/h1-9,11-12,14H,10,13H2,(H,28,29)/p-1/b19-9+. The Morgan fingerprint density at radius 1 is 1.13 bits per heavy atom. The molecule has 4 aromatic rings. The Balaban J connectivity index is 1.65. The Morgan fingerprint density at radius 3 is 2.87 bits per heavy atom. The van der Waals surface area contributed by atoms with E-state index in [9.17, 15) is 9.90 Å². The predicted molar refractivity (Wildman–Crippen MR) is 113 cm³/mol. The fraction of sp³-hybridized carbons (Fsp3) is 0.0833. The molecule has 0 spiro atoms. The van der Waals surface area contributed by atoms with Crippen LogP contribution in [0.1, 0.15) is 27.0 Å². The van der Waals surface area contributed by atoms with Crippen LogP contribution in [0.3, 0.4) is 0 Å². The van der Waals surface area contributed by atoms with Crippen LogP contribution >= 0.6 is 11.6 Å². The summed E-state index contributed by atoms with van der Waals surface area (Å²) in [6.45, 7) is 0.967. The van der Waals surface area contributed by atoms with Crippen LogP contribution in [0.4, 0.5) is 0 Å². The molecule has 0 bridgehead atoms. The molecule has 2 heterocycles. The number of benzene rings is 3. The van der Waals surface area contributed by atoms with Crippen LogP contribution in [-0.4, -0.2) is 15.5 Å². The molecule has 6 heteroatoms. The third kappa shape index (κ3) is 3.23. The first-order chi connectivity index (χ1) is 14.6. The molecule has 0 fully saturated rings. The number of allylic oxidation sites excluding steroid dienone is 1. The first-order valence-electron chi connectivity index (χ1n) is 9.47. The van der Waals surface area contributed by atoms with Gasteiger partial charge < -0.3 is 19.2 Å². The van der Waals surface area contributed by atoms with E-state index < -0.39 is 5.97 Å². The number of imidazole rings is 1. The summed E-state index contributed by atoms with van der Waals surface area (Å²) in [5.74, 6) is -0.572. The van der Waals surface area contributed by atoms with E-state index in [0.717, 1.165) is 33.3 Å². The number of nitrogens with zero attached hydrogens (tertiary/aromatic N) is 2. The molecular weight excluding hydrogens is 400 g/mol. The smallest absolute Gasteiger partial charge is 0.127 e. The zero-order chi connectivity index (χ0) is 20.7. The maximum Gasteiger partial charge on any atom is 0.127 e. The topological polar surface area (TPSA) is 67.2 Å². The lowest BCUT2D eigenvalue weighted by atomic mass is 9.93. The van der Waals surface area contributed by atoms with E-state index >= 15 is 0 Å². The molecule has 0 amide bonds. The molecule has 1 aromatic heterocycles. The minimum absolute atomic E-state index is 0.116. The molecular formula is C24H16ClN2O3-. The second-order valence-corrected chi connectivity index (χ2v) is 7.53. The highest BCUT2D eigenvalue weighted by Crippen LogP contribution is 2.37. The van der Waals surface area contributed by atoms with Crippen LogP contribution in [0.2, 0.25) is 5.02 Å². The van der Waals surface area contributed by atoms with Crippen molar-refractivity contribution in [2.45, 2.75) is 13.2 Å². The van der Waals surface area contributed by atoms with Crippen molar-refractivity contribution in [2.24, 2.45) is 0 Å². The summed E-state index contributed by atoms with van der Waals surface area (Å²) < 4.78 is 8.00. The molecule has 0 aliphatic carbocycles. The van der Waals surface area contributed by atoms with Crippen molar-refractivity contribution in [1.82, 2.24) is 9.55 Å². The zero-order valence-electron chi connectivity index (χ0n) is 15.8. The number of aromatic carboxylic acids is 1. The summed E-state index contributed by atoms with van der Waals surface area (Å²) in [7, 11) is 0. The van der Waals surface area contributed by atoms with Gasteiger partial charge in [0.15, 0.2) is 0 Å². The molecule has 0 radical (unpaired) electrons. The summed E-state index contributed by atoms with van der Waals surface area (Å²) in [4.78, 5) is 15.9. The normalized spacial score (nSPS) is 14.1. The fourth-order valence-electron chi connectivity index (χ4n) is 3.79. The van der Waals surface area contributed by atoms with Crippen molar-refractivity contribution in [3.8, 4) is 5.75 Å². The first kappa shape index (κ1) is 18.5. The monoisotopic (exact) mass is 415 g/mol. The van der Waals surface area contributed by atoms with E-state index in [-0.39, 0.29) is 5.56 Å². The largest absolute Gasteiger partial charge is 0.545 e. The maximum atomic E-state index is 11.4. The van der Waals surface area contributed by atoms with Gasteiger partial charge in [-0.25, -0.2) is 4.98 Å². The minimum atomic E-state index is -1.22. The highest BCUT2D eigenvalue weighted by molar-refractivity contribution is 6.31. The molecule has 0 N–H and O–H groups in total. The zero-order valence-corrected chi connectivity index (χ0v) is 16.6. The number of carboxylic acids is 1. The summed E-state index contributed by atoms with van der Waals surface area (Å²) in [6.07, 6.45) is 3.84. The molecule has 30 heavy (non-hydrogen) atoms. The molecule has 0 atom stereocenters. The third-order valence-corrected chi connectivity index (χ3v) is 5.51. The number of aromatic nitrogens is 2. The van der Waals surface area contributed by atoms with E-state index in [1.54, 1.807) is 18.5 Å². The lowest BCUT2D eigenvalue weighted by Gasteiger charge is -2.13. The van der Waals surface area contributed by atoms with E-state index in [2.05, 4.69) is 11.1 Å². The van der Waals surface area contributed by atoms with Crippen LogP contribution in [-0.2, 0) is 13.2 Å². The number of halogens is 1. The number of rotatable bonds is 3. The first-order valence-corrected chi connectivity index (χ1v) is 9.85. The van der Waals surface area contributed by atoms with Crippen molar-refractivity contribution in [1.29, 1.82) is 0 Å². The fourth-order valence-corrected chi connectivity index (χ4v) is 3.96. The van der Waals surface area contributed by atoms with Gasteiger partial charge in [0, 0.05) is 17.1 Å². The van der Waals surface area contributed by atoms with Crippen molar-refractivity contribution in [3.63, 3.8) is 0 Å². The summed E-state index contributed by atoms with van der Waals surface area (Å²) in [5.41, 5.74) is 5.61. The number of carbonyl (C=O) groups is 1. The third-order valence-electron chi connectivity index (χ3n) is 5.27. The highest BCUT2D eigenvalue weighted by atomic mass is 35.5. The Morgan fingerprint density at radius 2 is 2.00 bits per heavy atom. The summed E-state index contributed by atoms with van der Waals surface area (Å²) in [6, 6.07) is 18.4. The molecule has 5 nitrogen and oxygen atoms in total. The van der Waals surface area contributed by atoms with Crippen LogP contribution < -0.4 is 9.84 Å². The van der Waals surface area contributed by atoms with Gasteiger partial charge >= 0.3 is 0 Å². The number of carbonyl (C=O) groups excluding carboxylic acids is 1. The Labute approximate surface area is 177 Å². The summed E-state index contributed by atoms with van der Waals surface area (Å²) in [5, 5.41) is 12.1. The Bertz CT molecular complexity index is 1320. The lowest BCUT2D eigenvalue weighted by Crippen LogP contribution is -2.22. The Kier molecular flexibility index (Phi) is 4.52. The number of carboxylic acid groups (broad SMARTS) is 1. The van der Waals surface area contributed by atoms with Gasteiger partial charge in [-0.2, -0.15) is 0 Å². The van der Waals surface area contributed by atoms with E-state index in [4.69, 9.17) is 16.3 Å². The average molecular weight is 416 g/mol. The lowest BCUT2D eigenvalue weighted by molar-refractivity contribution is -0.255. The van der Waals surface area contributed by atoms with Gasteiger partial charge in [-0.15, -0.1) is 0 Å². The molecule has 0 saturated carbocycles. The Hall–Kier alpha value is -3.57. The summed E-state index contributed by atoms with van der Waals surface area (Å²) >= 11 is 6.07. The second kappa shape index (κ2) is 7.35. The number of fused-ring (bicyclic) bond motifs is 3. The number of hydrogen-bond acceptors (Lipinski definition) is 4. The SMILES string of the molecule is O=C([O-])c1ccc2c(c1)/C(=C/Cn1cnc3cc(Cl)ccc31)c1ccccc1CO2. The second-order valence-electron chi connectivity index (χ2n) is 7.09. The van der Waals surface area contributed by atoms with E-state index in [0.29, 0.717) is 23.9 Å². The van der Waals surface area contributed by atoms with Crippen molar-refractivity contribution < 1.29 is 14.6 Å². The molecule has 3 aromatic carbocycles. The van der Waals surface area contributed by atoms with Gasteiger partial charge in [0.2, 0.25) is 0 Å². The average Bonchev–Trinajstić information content (AvgIpc) is 3.07. The predicted octanol–water partition coefficient (Wildman–Crippen LogP) is 4.08.